The van der Waals surface area contributed by atoms with Gasteiger partial charge in [0.05, 0.1) is 0 Å². The molecule has 0 fully saturated rings. The molecule has 0 unspecified atom stereocenters. The van der Waals surface area contributed by atoms with Crippen molar-refractivity contribution in [2.24, 2.45) is 0 Å². The van der Waals surface area contributed by atoms with Crippen LogP contribution in [0, 0.1) is 5.82 Å². The lowest BCUT2D eigenvalue weighted by Gasteiger charge is -2.09. The molecule has 8 heteroatoms. The predicted octanol–water partition coefficient (Wildman–Crippen LogP) is -0.131. The molecule has 2 radical (unpaired) electrons. The molecule has 3 nitrogen and oxygen atoms in total. The van der Waals surface area contributed by atoms with Crippen molar-refractivity contribution in [1.82, 2.24) is 0 Å². The highest BCUT2D eigenvalue weighted by atomic mass is 19.4. The molecular formula is C7H7BF4O3. The van der Waals surface area contributed by atoms with Crippen molar-refractivity contribution in [1.29, 1.82) is 0 Å². The molecule has 1 rings (SSSR count). The first-order chi connectivity index (χ1) is 5.88. The fourth-order valence-electron chi connectivity index (χ4n) is 0.725. The molecule has 0 amide bonds. The Morgan fingerprint density at radius 3 is 2.07 bits per heavy atom. The molecule has 0 heterocycles. The Morgan fingerprint density at radius 1 is 1.13 bits per heavy atom. The lowest BCUT2D eigenvalue weighted by atomic mass is 9.96. The van der Waals surface area contributed by atoms with Gasteiger partial charge in [-0.05, 0) is 12.1 Å². The van der Waals surface area contributed by atoms with Crippen LogP contribution in [0.1, 0.15) is 0 Å². The van der Waals surface area contributed by atoms with E-state index in [2.05, 4.69) is 4.74 Å². The molecule has 0 bridgehead atoms. The minimum absolute atomic E-state index is 0. The van der Waals surface area contributed by atoms with Crippen molar-refractivity contribution in [2.75, 3.05) is 0 Å². The zero-order chi connectivity index (χ0) is 10.1. The van der Waals surface area contributed by atoms with E-state index < -0.39 is 17.9 Å². The van der Waals surface area contributed by atoms with E-state index >= 15 is 0 Å². The van der Waals surface area contributed by atoms with Crippen LogP contribution in [0.15, 0.2) is 18.2 Å². The molecule has 0 atom stereocenters. The highest BCUT2D eigenvalue weighted by molar-refractivity contribution is 6.32. The number of rotatable bonds is 1. The third-order valence-corrected chi connectivity index (χ3v) is 1.18. The third-order valence-electron chi connectivity index (χ3n) is 1.18. The van der Waals surface area contributed by atoms with E-state index in [0.717, 1.165) is 18.2 Å². The van der Waals surface area contributed by atoms with Crippen LogP contribution in [-0.4, -0.2) is 25.2 Å². The van der Waals surface area contributed by atoms with Crippen LogP contribution in [0.3, 0.4) is 0 Å². The Bertz CT molecular complexity index is 316. The summed E-state index contributed by atoms with van der Waals surface area (Å²) >= 11 is 0. The monoisotopic (exact) mass is 226 g/mol. The van der Waals surface area contributed by atoms with Gasteiger partial charge in [-0.3, -0.25) is 0 Å². The predicted molar refractivity (Wildman–Crippen MR) is 45.7 cm³/mol. The van der Waals surface area contributed by atoms with Crippen molar-refractivity contribution in [3.05, 3.63) is 24.0 Å². The lowest BCUT2D eigenvalue weighted by Crippen LogP contribution is -2.18. The molecular weight excluding hydrogens is 219 g/mol. The molecule has 0 spiro atoms. The first kappa shape index (κ1) is 16.2. The van der Waals surface area contributed by atoms with Gasteiger partial charge in [-0.2, -0.15) is 0 Å². The summed E-state index contributed by atoms with van der Waals surface area (Å²) in [7, 11) is 5.11. The maximum Gasteiger partial charge on any atom is 0.573 e. The Hall–Kier alpha value is -1.28. The SMILES string of the molecule is O.O.[B]c1ccc(OC(F)(F)F)c(F)c1. The van der Waals surface area contributed by atoms with Gasteiger partial charge in [0.1, 0.15) is 7.85 Å². The lowest BCUT2D eigenvalue weighted by molar-refractivity contribution is -0.275. The Morgan fingerprint density at radius 2 is 1.67 bits per heavy atom. The van der Waals surface area contributed by atoms with Crippen LogP contribution in [0.5, 0.6) is 5.75 Å². The third kappa shape index (κ3) is 5.23. The van der Waals surface area contributed by atoms with Gasteiger partial charge in [-0.15, -0.1) is 13.2 Å². The van der Waals surface area contributed by atoms with Crippen molar-refractivity contribution in [3.8, 4) is 5.75 Å². The second kappa shape index (κ2) is 5.57. The zero-order valence-corrected chi connectivity index (χ0v) is 7.23. The summed E-state index contributed by atoms with van der Waals surface area (Å²) in [5, 5.41) is 0. The van der Waals surface area contributed by atoms with Gasteiger partial charge in [0.2, 0.25) is 0 Å². The number of alkyl halides is 3. The van der Waals surface area contributed by atoms with Crippen molar-refractivity contribution < 1.29 is 33.3 Å². The summed E-state index contributed by atoms with van der Waals surface area (Å²) in [5.74, 6) is -2.03. The van der Waals surface area contributed by atoms with E-state index in [4.69, 9.17) is 7.85 Å². The quantitative estimate of drug-likeness (QED) is 0.485. The molecule has 0 aliphatic rings. The highest BCUT2D eigenvalue weighted by Gasteiger charge is 2.32. The molecule has 0 aliphatic heterocycles. The van der Waals surface area contributed by atoms with E-state index in [1.807, 2.05) is 0 Å². The molecule has 0 saturated heterocycles. The summed E-state index contributed by atoms with van der Waals surface area (Å²) in [5.41, 5.74) is 0.0343. The number of halogens is 4. The van der Waals surface area contributed by atoms with Crippen LogP contribution >= 0.6 is 0 Å². The first-order valence-electron chi connectivity index (χ1n) is 3.19. The smallest absolute Gasteiger partial charge is 0.412 e. The van der Waals surface area contributed by atoms with Crippen LogP contribution in [0.2, 0.25) is 0 Å². The molecule has 1 aromatic rings. The van der Waals surface area contributed by atoms with Gasteiger partial charge in [-0.25, -0.2) is 4.39 Å². The van der Waals surface area contributed by atoms with Gasteiger partial charge in [0.15, 0.2) is 11.6 Å². The highest BCUT2D eigenvalue weighted by Crippen LogP contribution is 2.24. The first-order valence-corrected chi connectivity index (χ1v) is 3.19. The Kier molecular flexibility index (Phi) is 6.00. The van der Waals surface area contributed by atoms with Gasteiger partial charge in [0.25, 0.3) is 0 Å². The van der Waals surface area contributed by atoms with Crippen LogP contribution < -0.4 is 10.2 Å². The molecule has 15 heavy (non-hydrogen) atoms. The van der Waals surface area contributed by atoms with E-state index in [1.54, 1.807) is 0 Å². The minimum Gasteiger partial charge on any atom is -0.412 e. The Labute approximate surface area is 83.7 Å². The average Bonchev–Trinajstić information content (AvgIpc) is 1.93. The van der Waals surface area contributed by atoms with Crippen LogP contribution in [-0.2, 0) is 0 Å². The molecule has 0 aromatic heterocycles. The topological polar surface area (TPSA) is 72.2 Å². The van der Waals surface area contributed by atoms with Gasteiger partial charge >= 0.3 is 6.36 Å². The minimum atomic E-state index is -4.89. The maximum atomic E-state index is 12.7. The van der Waals surface area contributed by atoms with Crippen LogP contribution in [0.4, 0.5) is 17.6 Å². The van der Waals surface area contributed by atoms with Crippen LogP contribution in [0.25, 0.3) is 0 Å². The zero-order valence-electron chi connectivity index (χ0n) is 7.23. The molecule has 0 saturated carbocycles. The van der Waals surface area contributed by atoms with E-state index in [9.17, 15) is 17.6 Å². The van der Waals surface area contributed by atoms with Gasteiger partial charge < -0.3 is 15.7 Å². The number of hydrogen-bond donors (Lipinski definition) is 0. The molecule has 0 aliphatic carbocycles. The van der Waals surface area contributed by atoms with E-state index in [-0.39, 0.29) is 16.4 Å². The normalized spacial score (nSPS) is 9.87. The standard InChI is InChI=1S/C7H3BF4O.2H2O/c8-4-1-2-6(5(9)3-4)13-7(10,11)12;;/h1-3H;2*1H2. The summed E-state index contributed by atoms with van der Waals surface area (Å²) in [6, 6.07) is 2.68. The Balaban J connectivity index is 0. The number of benzene rings is 1. The van der Waals surface area contributed by atoms with Crippen molar-refractivity contribution in [3.63, 3.8) is 0 Å². The summed E-state index contributed by atoms with van der Waals surface area (Å²) in [6.07, 6.45) is -4.89. The van der Waals surface area contributed by atoms with Crippen molar-refractivity contribution in [2.45, 2.75) is 6.36 Å². The van der Waals surface area contributed by atoms with Gasteiger partial charge in [-0.1, -0.05) is 11.5 Å². The fraction of sp³-hybridized carbons (Fsp3) is 0.143. The average molecular weight is 226 g/mol. The second-order valence-corrected chi connectivity index (χ2v) is 2.24. The number of hydrogen-bond acceptors (Lipinski definition) is 1. The largest absolute Gasteiger partial charge is 0.573 e. The summed E-state index contributed by atoms with van der Waals surface area (Å²) in [4.78, 5) is 0. The van der Waals surface area contributed by atoms with E-state index in [1.165, 1.54) is 0 Å². The maximum absolute atomic E-state index is 12.7. The molecule has 4 N–H and O–H groups in total. The molecule has 84 valence electrons. The summed E-state index contributed by atoms with van der Waals surface area (Å²) < 4.78 is 50.8. The van der Waals surface area contributed by atoms with E-state index in [0.29, 0.717) is 0 Å². The van der Waals surface area contributed by atoms with Crippen molar-refractivity contribution >= 4 is 13.3 Å². The summed E-state index contributed by atoms with van der Waals surface area (Å²) in [6.45, 7) is 0. The fourth-order valence-corrected chi connectivity index (χ4v) is 0.725. The van der Waals surface area contributed by atoms with Gasteiger partial charge in [0, 0.05) is 0 Å². The number of ether oxygens (including phenoxy) is 1. The second-order valence-electron chi connectivity index (χ2n) is 2.24. The molecule has 1 aromatic carbocycles.